The van der Waals surface area contributed by atoms with Gasteiger partial charge in [0.1, 0.15) is 23.5 Å². The Bertz CT molecular complexity index is 1610. The average molecular weight is 584 g/mol. The van der Waals surface area contributed by atoms with Crippen LogP contribution in [0.3, 0.4) is 0 Å². The van der Waals surface area contributed by atoms with E-state index in [1.165, 1.54) is 11.8 Å². The van der Waals surface area contributed by atoms with Gasteiger partial charge in [0.15, 0.2) is 10.8 Å². The molecule has 2 N–H and O–H groups in total. The van der Waals surface area contributed by atoms with Gasteiger partial charge < -0.3 is 15.2 Å². The number of rotatable bonds is 8. The van der Waals surface area contributed by atoms with E-state index in [0.717, 1.165) is 44.9 Å². The molecule has 0 spiro atoms. The fourth-order valence-electron chi connectivity index (χ4n) is 4.45. The zero-order valence-electron chi connectivity index (χ0n) is 20.7. The normalized spacial score (nSPS) is 15.9. The summed E-state index contributed by atoms with van der Waals surface area (Å²) in [5.41, 5.74) is 2.80. The van der Waals surface area contributed by atoms with Gasteiger partial charge in [-0.05, 0) is 24.2 Å². The van der Waals surface area contributed by atoms with E-state index in [4.69, 9.17) is 21.6 Å². The molecule has 15 heteroatoms. The predicted octanol–water partition coefficient (Wildman–Crippen LogP) is 2.91. The Kier molecular flexibility index (Phi) is 6.99. The number of aromatic amines is 1. The van der Waals surface area contributed by atoms with Crippen molar-refractivity contribution in [1.82, 2.24) is 40.1 Å². The van der Waals surface area contributed by atoms with E-state index in [-0.39, 0.29) is 35.3 Å². The summed E-state index contributed by atoms with van der Waals surface area (Å²) in [7, 11) is 0. The quantitative estimate of drug-likeness (QED) is 0.295. The van der Waals surface area contributed by atoms with Crippen molar-refractivity contribution in [3.8, 4) is 0 Å². The monoisotopic (exact) mass is 583 g/mol. The van der Waals surface area contributed by atoms with Gasteiger partial charge in [-0.2, -0.15) is 0 Å². The number of carbonyl (C=O) groups excluding carboxylic acids is 3. The highest BCUT2D eigenvalue weighted by Crippen LogP contribution is 2.38. The van der Waals surface area contributed by atoms with Crippen molar-refractivity contribution in [1.29, 1.82) is 0 Å². The zero-order chi connectivity index (χ0) is 27.1. The molecule has 2 saturated heterocycles. The number of anilines is 1. The van der Waals surface area contributed by atoms with E-state index in [1.54, 1.807) is 18.6 Å². The van der Waals surface area contributed by atoms with Crippen LogP contribution >= 0.6 is 35.1 Å². The molecule has 0 bridgehead atoms. The Hall–Kier alpha value is -3.49. The van der Waals surface area contributed by atoms with Gasteiger partial charge in [-0.3, -0.25) is 24.3 Å². The van der Waals surface area contributed by atoms with Gasteiger partial charge in [0.25, 0.3) is 5.24 Å². The number of imide groups is 1. The van der Waals surface area contributed by atoms with E-state index in [0.29, 0.717) is 46.6 Å². The van der Waals surface area contributed by atoms with Crippen molar-refractivity contribution in [2.45, 2.75) is 23.4 Å². The molecule has 4 aromatic rings. The lowest BCUT2D eigenvalue weighted by molar-refractivity contribution is -0.130. The topological polar surface area (TPSA) is 150 Å². The van der Waals surface area contributed by atoms with E-state index in [1.807, 2.05) is 13.0 Å². The number of pyridine rings is 1. The largest absolute Gasteiger partial charge is 0.355 e. The van der Waals surface area contributed by atoms with Crippen molar-refractivity contribution in [2.24, 2.45) is 5.92 Å². The Morgan fingerprint density at radius 3 is 2.82 bits per heavy atom. The third-order valence-electron chi connectivity index (χ3n) is 6.47. The van der Waals surface area contributed by atoms with Crippen LogP contribution in [0.4, 0.5) is 10.6 Å². The molecule has 0 saturated carbocycles. The molecule has 12 nitrogen and oxygen atoms in total. The minimum atomic E-state index is -0.381. The number of hydrogen-bond acceptors (Lipinski definition) is 11. The van der Waals surface area contributed by atoms with Crippen molar-refractivity contribution in [3.05, 3.63) is 35.4 Å². The highest BCUT2D eigenvalue weighted by Gasteiger charge is 2.34. The number of aryl methyl sites for hydroxylation is 1. The Balaban J connectivity index is 1.17. The Morgan fingerprint density at radius 2 is 2.05 bits per heavy atom. The first kappa shape index (κ1) is 25.8. The molecule has 0 aliphatic carbocycles. The zero-order valence-corrected chi connectivity index (χ0v) is 23.1. The maximum absolute atomic E-state index is 12.3. The fourth-order valence-corrected chi connectivity index (χ4v) is 6.29. The van der Waals surface area contributed by atoms with E-state index >= 15 is 0 Å². The number of carbonyl (C=O) groups is 3. The van der Waals surface area contributed by atoms with Crippen LogP contribution in [0.1, 0.15) is 12.6 Å². The Labute approximate surface area is 235 Å². The molecule has 0 atom stereocenters. The number of thioether (sulfide) groups is 1. The summed E-state index contributed by atoms with van der Waals surface area (Å²) in [4.78, 5) is 65.5. The summed E-state index contributed by atoms with van der Waals surface area (Å²) in [5, 5.41) is 4.37. The number of aromatic nitrogens is 6. The van der Waals surface area contributed by atoms with Crippen LogP contribution in [0.5, 0.6) is 0 Å². The minimum absolute atomic E-state index is 0.0876. The van der Waals surface area contributed by atoms with E-state index in [2.05, 4.69) is 30.2 Å². The molecule has 6 heterocycles. The molecule has 4 aromatic heterocycles. The molecule has 39 heavy (non-hydrogen) atoms. The fraction of sp³-hybridized carbons (Fsp3) is 0.333. The highest BCUT2D eigenvalue weighted by atomic mass is 35.5. The van der Waals surface area contributed by atoms with Crippen LogP contribution in [0.25, 0.3) is 22.2 Å². The molecular formula is C24H22ClN9O3S2. The van der Waals surface area contributed by atoms with Crippen LogP contribution < -0.4 is 10.2 Å². The first-order chi connectivity index (χ1) is 18.9. The first-order valence-corrected chi connectivity index (χ1v) is 14.4. The number of nitrogens with one attached hydrogen (secondary N) is 2. The lowest BCUT2D eigenvalue weighted by Crippen LogP contribution is -2.52. The molecular weight excluding hydrogens is 562 g/mol. The van der Waals surface area contributed by atoms with Crippen LogP contribution in [-0.4, -0.2) is 83.8 Å². The maximum Gasteiger partial charge on any atom is 0.289 e. The van der Waals surface area contributed by atoms with Gasteiger partial charge >= 0.3 is 0 Å². The molecule has 0 radical (unpaired) electrons. The van der Waals surface area contributed by atoms with Gasteiger partial charge in [-0.15, -0.1) is 0 Å². The minimum Gasteiger partial charge on any atom is -0.355 e. The van der Waals surface area contributed by atoms with Gasteiger partial charge in [-0.25, -0.2) is 19.9 Å². The highest BCUT2D eigenvalue weighted by molar-refractivity contribution is 8.14. The molecule has 3 amide bonds. The smallest absolute Gasteiger partial charge is 0.289 e. The standard InChI is InChI=1S/C24H22ClN9O3S2/c1-2-14-19(25)18-21(30-14)31-23(39-13-5-15-20(29-7-13)27-4-3-26-15)32-22(18)33-8-12(9-33)6-28-16(35)10-34-17(36)11-38-24(34)37/h3-5,7,12H,2,6,8-11H2,1H3,(H,28,35)(H,30,31,32). The number of halogens is 1. The van der Waals surface area contributed by atoms with Crippen LogP contribution in [0.2, 0.25) is 5.02 Å². The Morgan fingerprint density at radius 1 is 1.23 bits per heavy atom. The molecule has 2 fully saturated rings. The lowest BCUT2D eigenvalue weighted by Gasteiger charge is -2.40. The van der Waals surface area contributed by atoms with Gasteiger partial charge in [-0.1, -0.05) is 30.3 Å². The molecule has 0 unspecified atom stereocenters. The van der Waals surface area contributed by atoms with Gasteiger partial charge in [0.2, 0.25) is 11.8 Å². The first-order valence-electron chi connectivity index (χ1n) is 12.2. The second-order valence-corrected chi connectivity index (χ2v) is 11.5. The van der Waals surface area contributed by atoms with Crippen molar-refractivity contribution < 1.29 is 14.4 Å². The summed E-state index contributed by atoms with van der Waals surface area (Å²) < 4.78 is 0. The average Bonchev–Trinajstić information content (AvgIpc) is 3.40. The molecule has 2 aliphatic heterocycles. The van der Waals surface area contributed by atoms with E-state index < -0.39 is 0 Å². The second-order valence-electron chi connectivity index (χ2n) is 9.11. The summed E-state index contributed by atoms with van der Waals surface area (Å²) >= 11 is 9.01. The van der Waals surface area contributed by atoms with E-state index in [9.17, 15) is 14.4 Å². The maximum atomic E-state index is 12.3. The van der Waals surface area contributed by atoms with Gasteiger partial charge in [0.05, 0.1) is 16.2 Å². The second kappa shape index (κ2) is 10.6. The summed E-state index contributed by atoms with van der Waals surface area (Å²) in [6.45, 7) is 3.51. The van der Waals surface area contributed by atoms with Crippen molar-refractivity contribution in [2.75, 3.05) is 36.8 Å². The number of fused-ring (bicyclic) bond motifs is 2. The number of nitrogens with zero attached hydrogens (tertiary/aromatic N) is 7. The molecule has 2 aliphatic rings. The summed E-state index contributed by atoms with van der Waals surface area (Å²) in [6, 6.07) is 1.90. The van der Waals surface area contributed by atoms with Crippen LogP contribution in [0, 0.1) is 5.92 Å². The number of hydrogen-bond donors (Lipinski definition) is 2. The summed E-state index contributed by atoms with van der Waals surface area (Å²) in [5.74, 6) is 0.310. The van der Waals surface area contributed by atoms with Crippen LogP contribution in [-0.2, 0) is 16.0 Å². The van der Waals surface area contributed by atoms with Crippen molar-refractivity contribution in [3.63, 3.8) is 0 Å². The van der Waals surface area contributed by atoms with Crippen molar-refractivity contribution >= 4 is 80.2 Å². The SMILES string of the molecule is CCc1[nH]c2nc(Sc3cnc4nccnc4c3)nc(N3CC(CNC(=O)CN4C(=O)CSC4=O)C3)c2c1Cl. The third-order valence-corrected chi connectivity index (χ3v) is 8.57. The molecule has 6 rings (SSSR count). The lowest BCUT2D eigenvalue weighted by atomic mass is 10.00. The molecule has 0 aromatic carbocycles. The predicted molar refractivity (Wildman–Crippen MR) is 148 cm³/mol. The third kappa shape index (κ3) is 5.11. The number of H-pyrrole nitrogens is 1. The number of amides is 3. The summed E-state index contributed by atoms with van der Waals surface area (Å²) in [6.07, 6.45) is 5.67. The van der Waals surface area contributed by atoms with Crippen LogP contribution in [0.15, 0.2) is 34.7 Å². The van der Waals surface area contributed by atoms with Gasteiger partial charge in [0, 0.05) is 54.7 Å². The molecule has 200 valence electrons.